The number of nitrogens with one attached hydrogen (secondary N) is 1. The Morgan fingerprint density at radius 2 is 2.17 bits per heavy atom. The minimum absolute atomic E-state index is 0.413. The molecule has 1 aromatic heterocycles. The third-order valence-electron chi connectivity index (χ3n) is 5.87. The summed E-state index contributed by atoms with van der Waals surface area (Å²) in [6.45, 7) is 9.87. The van der Waals surface area contributed by atoms with Gasteiger partial charge < -0.3 is 9.84 Å². The minimum atomic E-state index is 0.413. The van der Waals surface area contributed by atoms with Crippen LogP contribution in [0.2, 0.25) is 0 Å². The van der Waals surface area contributed by atoms with Crippen molar-refractivity contribution in [2.75, 3.05) is 0 Å². The summed E-state index contributed by atoms with van der Waals surface area (Å²) < 4.78 is 5.01. The van der Waals surface area contributed by atoms with Crippen LogP contribution in [0.4, 0.5) is 0 Å². The molecule has 2 aliphatic carbocycles. The van der Waals surface area contributed by atoms with Gasteiger partial charge in [-0.1, -0.05) is 25.9 Å². The summed E-state index contributed by atoms with van der Waals surface area (Å²) in [5.41, 5.74) is 0.869. The van der Waals surface area contributed by atoms with Crippen molar-refractivity contribution in [3.8, 4) is 0 Å². The molecule has 1 heterocycles. The van der Waals surface area contributed by atoms with Gasteiger partial charge in [-0.3, -0.25) is 0 Å². The largest absolute Gasteiger partial charge is 0.340 e. The molecule has 0 aliphatic heterocycles. The summed E-state index contributed by atoms with van der Waals surface area (Å²) in [4.78, 5) is 4.25. The Bertz CT molecular complexity index is 454. The van der Waals surface area contributed by atoms with E-state index in [4.69, 9.17) is 4.52 Å². The average Bonchev–Trinajstić information content (AvgIpc) is 2.87. The van der Waals surface area contributed by atoms with Crippen molar-refractivity contribution in [2.24, 2.45) is 16.7 Å². The number of fused-ring (bicyclic) bond motifs is 2. The molecule has 0 spiro atoms. The summed E-state index contributed by atoms with van der Waals surface area (Å²) in [5.74, 6) is 2.29. The van der Waals surface area contributed by atoms with Crippen molar-refractivity contribution in [3.05, 3.63) is 11.7 Å². The zero-order chi connectivity index (χ0) is 13.0. The number of aromatic nitrogens is 2. The van der Waals surface area contributed by atoms with Gasteiger partial charge in [-0.15, -0.1) is 0 Å². The quantitative estimate of drug-likeness (QED) is 0.894. The molecule has 1 aromatic rings. The van der Waals surface area contributed by atoms with E-state index in [1.807, 2.05) is 6.92 Å². The highest BCUT2D eigenvalue weighted by atomic mass is 16.5. The van der Waals surface area contributed by atoms with Crippen molar-refractivity contribution in [3.63, 3.8) is 0 Å². The molecule has 0 saturated heterocycles. The van der Waals surface area contributed by atoms with E-state index in [-0.39, 0.29) is 0 Å². The second-order valence-corrected chi connectivity index (χ2v) is 6.77. The van der Waals surface area contributed by atoms with Gasteiger partial charge in [-0.05, 0) is 36.0 Å². The summed E-state index contributed by atoms with van der Waals surface area (Å²) in [7, 11) is 0. The number of nitrogens with zero attached hydrogens (tertiary/aromatic N) is 2. The third kappa shape index (κ3) is 1.54. The van der Waals surface area contributed by atoms with Crippen LogP contribution in [-0.4, -0.2) is 16.2 Å². The van der Waals surface area contributed by atoms with Gasteiger partial charge in [0.15, 0.2) is 5.82 Å². The first-order valence-electron chi connectivity index (χ1n) is 6.96. The molecule has 2 aliphatic rings. The van der Waals surface area contributed by atoms with Crippen molar-refractivity contribution >= 4 is 0 Å². The molecular formula is C14H23N3O. The number of aryl methyl sites for hydroxylation is 1. The predicted molar refractivity (Wildman–Crippen MR) is 68.9 cm³/mol. The van der Waals surface area contributed by atoms with Crippen LogP contribution in [0, 0.1) is 23.7 Å². The zero-order valence-electron chi connectivity index (χ0n) is 11.8. The highest BCUT2D eigenvalue weighted by Crippen LogP contribution is 2.65. The van der Waals surface area contributed by atoms with E-state index in [9.17, 15) is 0 Å². The van der Waals surface area contributed by atoms with E-state index in [1.165, 1.54) is 19.3 Å². The molecule has 0 radical (unpaired) electrons. The van der Waals surface area contributed by atoms with E-state index >= 15 is 0 Å². The first-order valence-corrected chi connectivity index (χ1v) is 6.96. The normalized spacial score (nSPS) is 37.3. The molecule has 100 valence electrons. The fourth-order valence-corrected chi connectivity index (χ4v) is 4.14. The van der Waals surface area contributed by atoms with Crippen LogP contribution < -0.4 is 5.32 Å². The first-order chi connectivity index (χ1) is 8.43. The van der Waals surface area contributed by atoms with Gasteiger partial charge in [0.1, 0.15) is 0 Å². The van der Waals surface area contributed by atoms with Crippen molar-refractivity contribution in [2.45, 2.75) is 59.5 Å². The Morgan fingerprint density at radius 1 is 1.39 bits per heavy atom. The van der Waals surface area contributed by atoms with Crippen LogP contribution >= 0.6 is 0 Å². The Morgan fingerprint density at radius 3 is 2.67 bits per heavy atom. The van der Waals surface area contributed by atoms with Gasteiger partial charge in [0.25, 0.3) is 0 Å². The van der Waals surface area contributed by atoms with Crippen LogP contribution in [0.25, 0.3) is 0 Å². The van der Waals surface area contributed by atoms with E-state index in [0.717, 1.165) is 18.3 Å². The molecule has 3 rings (SSSR count). The molecule has 0 amide bonds. The predicted octanol–water partition coefficient (Wildman–Crippen LogP) is 2.68. The number of rotatable bonds is 3. The lowest BCUT2D eigenvalue weighted by Gasteiger charge is -2.39. The monoisotopic (exact) mass is 249 g/mol. The molecule has 4 heteroatoms. The molecular weight excluding hydrogens is 226 g/mol. The van der Waals surface area contributed by atoms with Crippen molar-refractivity contribution in [1.29, 1.82) is 0 Å². The lowest BCUT2D eigenvalue weighted by atomic mass is 9.69. The topological polar surface area (TPSA) is 51.0 Å². The Hall–Kier alpha value is -0.900. The molecule has 2 fully saturated rings. The first kappa shape index (κ1) is 12.2. The summed E-state index contributed by atoms with van der Waals surface area (Å²) in [5, 5.41) is 7.60. The zero-order valence-corrected chi connectivity index (χ0v) is 11.8. The van der Waals surface area contributed by atoms with Gasteiger partial charge in [0.2, 0.25) is 5.89 Å². The van der Waals surface area contributed by atoms with Crippen LogP contribution in [0.5, 0.6) is 0 Å². The second-order valence-electron chi connectivity index (χ2n) is 6.77. The van der Waals surface area contributed by atoms with Gasteiger partial charge in [0, 0.05) is 13.0 Å². The van der Waals surface area contributed by atoms with E-state index in [2.05, 4.69) is 36.2 Å². The minimum Gasteiger partial charge on any atom is -0.340 e. The second kappa shape index (κ2) is 3.80. The van der Waals surface area contributed by atoms with E-state index < -0.39 is 0 Å². The molecule has 3 unspecified atom stereocenters. The van der Waals surface area contributed by atoms with Gasteiger partial charge >= 0.3 is 0 Å². The lowest BCUT2D eigenvalue weighted by Crippen LogP contribution is -2.44. The maximum absolute atomic E-state index is 5.01. The highest BCUT2D eigenvalue weighted by molar-refractivity contribution is 5.13. The van der Waals surface area contributed by atoms with Crippen LogP contribution in [0.1, 0.15) is 51.7 Å². The highest BCUT2D eigenvalue weighted by Gasteiger charge is 2.60. The standard InChI is InChI=1S/C14H23N3O/c1-9-16-12(17-18-9)8-15-11-7-10-5-6-14(11,4)13(10,2)3/h10-11,15H,5-8H2,1-4H3. The average molecular weight is 249 g/mol. The van der Waals surface area contributed by atoms with Crippen LogP contribution in [0.15, 0.2) is 4.52 Å². The van der Waals surface area contributed by atoms with E-state index in [0.29, 0.717) is 22.8 Å². The molecule has 4 nitrogen and oxygen atoms in total. The molecule has 2 bridgehead atoms. The molecule has 18 heavy (non-hydrogen) atoms. The van der Waals surface area contributed by atoms with Crippen molar-refractivity contribution in [1.82, 2.24) is 15.5 Å². The number of hydrogen-bond acceptors (Lipinski definition) is 4. The SMILES string of the molecule is Cc1nc(CNC2CC3CCC2(C)C3(C)C)no1. The summed E-state index contributed by atoms with van der Waals surface area (Å²) >= 11 is 0. The number of hydrogen-bond donors (Lipinski definition) is 1. The van der Waals surface area contributed by atoms with Crippen LogP contribution in [0.3, 0.4) is 0 Å². The summed E-state index contributed by atoms with van der Waals surface area (Å²) in [6.07, 6.45) is 4.02. The molecule has 2 saturated carbocycles. The van der Waals surface area contributed by atoms with Gasteiger partial charge in [-0.2, -0.15) is 4.98 Å². The Balaban J connectivity index is 1.69. The Kier molecular flexibility index (Phi) is 2.56. The lowest BCUT2D eigenvalue weighted by molar-refractivity contribution is 0.120. The van der Waals surface area contributed by atoms with E-state index in [1.54, 1.807) is 0 Å². The molecule has 3 atom stereocenters. The molecule has 0 aromatic carbocycles. The van der Waals surface area contributed by atoms with Crippen molar-refractivity contribution < 1.29 is 4.52 Å². The Labute approximate surface area is 109 Å². The van der Waals surface area contributed by atoms with Gasteiger partial charge in [-0.25, -0.2) is 0 Å². The maximum atomic E-state index is 5.01. The third-order valence-corrected chi connectivity index (χ3v) is 5.87. The summed E-state index contributed by atoms with van der Waals surface area (Å²) in [6, 6.07) is 0.588. The fraction of sp³-hybridized carbons (Fsp3) is 0.857. The smallest absolute Gasteiger partial charge is 0.223 e. The van der Waals surface area contributed by atoms with Gasteiger partial charge in [0.05, 0.1) is 6.54 Å². The molecule has 1 N–H and O–H groups in total. The van der Waals surface area contributed by atoms with Crippen LogP contribution in [-0.2, 0) is 6.54 Å². The fourth-order valence-electron chi connectivity index (χ4n) is 4.14. The maximum Gasteiger partial charge on any atom is 0.223 e.